The van der Waals surface area contributed by atoms with Gasteiger partial charge in [0.25, 0.3) is 11.8 Å². The highest BCUT2D eigenvalue weighted by atomic mass is 16.2. The minimum absolute atomic E-state index is 0.258. The van der Waals surface area contributed by atoms with Crippen molar-refractivity contribution >= 4 is 11.8 Å². The minimum atomic E-state index is -0.451. The van der Waals surface area contributed by atoms with Gasteiger partial charge in [-0.3, -0.25) is 25.1 Å². The fourth-order valence-corrected chi connectivity index (χ4v) is 1.51. The van der Waals surface area contributed by atoms with Crippen LogP contribution in [0.15, 0.2) is 36.4 Å². The Morgan fingerprint density at radius 2 is 1.74 bits per heavy atom. The fourth-order valence-electron chi connectivity index (χ4n) is 1.51. The Labute approximate surface area is 110 Å². The number of nitrogens with zero attached hydrogens (tertiary/aromatic N) is 2. The van der Waals surface area contributed by atoms with E-state index in [0.29, 0.717) is 5.56 Å². The Balaban J connectivity index is 1.96. The average molecular weight is 258 g/mol. The average Bonchev–Trinajstić information content (AvgIpc) is 2.77. The first-order valence-electron chi connectivity index (χ1n) is 5.74. The van der Waals surface area contributed by atoms with Gasteiger partial charge in [0.05, 0.1) is 0 Å². The number of carbonyl (C=O) groups excluding carboxylic acids is 2. The molecule has 2 amide bonds. The minimum Gasteiger partial charge on any atom is -0.272 e. The molecule has 2 aromatic rings. The third-order valence-corrected chi connectivity index (χ3v) is 2.67. The Bertz CT molecular complexity index is 585. The number of hydrogen-bond acceptors (Lipinski definition) is 3. The van der Waals surface area contributed by atoms with Crippen molar-refractivity contribution in [3.8, 4) is 0 Å². The van der Waals surface area contributed by atoms with Crippen LogP contribution in [0.2, 0.25) is 0 Å². The van der Waals surface area contributed by atoms with E-state index < -0.39 is 5.91 Å². The van der Waals surface area contributed by atoms with Crippen LogP contribution in [-0.2, 0) is 7.05 Å². The van der Waals surface area contributed by atoms with Crippen molar-refractivity contribution in [3.05, 3.63) is 53.3 Å². The second-order valence-electron chi connectivity index (χ2n) is 4.07. The zero-order valence-electron chi connectivity index (χ0n) is 10.7. The third-order valence-electron chi connectivity index (χ3n) is 2.67. The topological polar surface area (TPSA) is 76.0 Å². The smallest absolute Gasteiger partial charge is 0.272 e. The number of aromatic nitrogens is 2. The molecular formula is C13H14N4O2. The van der Waals surface area contributed by atoms with Crippen molar-refractivity contribution < 1.29 is 9.59 Å². The lowest BCUT2D eigenvalue weighted by Gasteiger charge is -2.05. The molecule has 2 N–H and O–H groups in total. The summed E-state index contributed by atoms with van der Waals surface area (Å²) in [4.78, 5) is 23.4. The van der Waals surface area contributed by atoms with Crippen LogP contribution in [0.4, 0.5) is 0 Å². The molecule has 0 saturated carbocycles. The normalized spacial score (nSPS) is 10.0. The van der Waals surface area contributed by atoms with Crippen molar-refractivity contribution in [2.45, 2.75) is 6.92 Å². The van der Waals surface area contributed by atoms with E-state index in [1.807, 2.05) is 13.0 Å². The van der Waals surface area contributed by atoms with Gasteiger partial charge in [-0.25, -0.2) is 0 Å². The monoisotopic (exact) mass is 258 g/mol. The fraction of sp³-hybridized carbons (Fsp3) is 0.154. The van der Waals surface area contributed by atoms with Crippen molar-refractivity contribution in [2.24, 2.45) is 7.05 Å². The van der Waals surface area contributed by atoms with E-state index in [9.17, 15) is 9.59 Å². The van der Waals surface area contributed by atoms with Gasteiger partial charge in [0, 0.05) is 18.3 Å². The maximum Gasteiger partial charge on any atom is 0.290 e. The van der Waals surface area contributed by atoms with E-state index in [1.165, 1.54) is 0 Å². The predicted octanol–water partition coefficient (Wildman–Crippen LogP) is 0.803. The number of nitrogens with one attached hydrogen (secondary N) is 2. The van der Waals surface area contributed by atoms with Crippen LogP contribution in [0.3, 0.4) is 0 Å². The number of carbonyl (C=O) groups is 2. The largest absolute Gasteiger partial charge is 0.290 e. The number of benzene rings is 1. The van der Waals surface area contributed by atoms with Crippen LogP contribution in [0, 0.1) is 6.92 Å². The van der Waals surface area contributed by atoms with Gasteiger partial charge in [-0.2, -0.15) is 5.10 Å². The van der Waals surface area contributed by atoms with E-state index in [1.54, 1.807) is 42.1 Å². The molecule has 0 unspecified atom stereocenters. The van der Waals surface area contributed by atoms with Gasteiger partial charge in [0.1, 0.15) is 0 Å². The molecule has 0 aliphatic heterocycles. The molecule has 1 heterocycles. The maximum absolute atomic E-state index is 11.7. The number of hydrogen-bond donors (Lipinski definition) is 2. The van der Waals surface area contributed by atoms with Gasteiger partial charge >= 0.3 is 0 Å². The summed E-state index contributed by atoms with van der Waals surface area (Å²) in [5.74, 6) is -0.824. The molecule has 0 saturated heterocycles. The number of aryl methyl sites for hydroxylation is 2. The molecule has 0 aliphatic carbocycles. The molecule has 6 heteroatoms. The molecule has 0 atom stereocenters. The summed E-state index contributed by atoms with van der Waals surface area (Å²) in [6.07, 6.45) is 0. The lowest BCUT2D eigenvalue weighted by atomic mass is 10.2. The van der Waals surface area contributed by atoms with Crippen LogP contribution < -0.4 is 10.9 Å². The van der Waals surface area contributed by atoms with Gasteiger partial charge in [-0.05, 0) is 25.1 Å². The van der Waals surface area contributed by atoms with Crippen molar-refractivity contribution in [1.82, 2.24) is 20.6 Å². The Morgan fingerprint density at radius 3 is 2.32 bits per heavy atom. The van der Waals surface area contributed by atoms with Crippen molar-refractivity contribution in [2.75, 3.05) is 0 Å². The van der Waals surface area contributed by atoms with Crippen molar-refractivity contribution in [3.63, 3.8) is 0 Å². The molecule has 0 aliphatic rings. The summed E-state index contributed by atoms with van der Waals surface area (Å²) in [6.45, 7) is 1.84. The van der Waals surface area contributed by atoms with Gasteiger partial charge in [0.15, 0.2) is 5.69 Å². The van der Waals surface area contributed by atoms with E-state index in [-0.39, 0.29) is 11.6 Å². The molecule has 6 nitrogen and oxygen atoms in total. The highest BCUT2D eigenvalue weighted by Crippen LogP contribution is 2.01. The van der Waals surface area contributed by atoms with Crippen LogP contribution in [0.25, 0.3) is 0 Å². The SMILES string of the molecule is Cc1cc(C(=O)NNC(=O)c2ccccc2)nn1C. The van der Waals surface area contributed by atoms with Crippen LogP contribution >= 0.6 is 0 Å². The van der Waals surface area contributed by atoms with E-state index in [0.717, 1.165) is 5.69 Å². The molecule has 19 heavy (non-hydrogen) atoms. The molecule has 1 aromatic heterocycles. The third kappa shape index (κ3) is 2.98. The number of amides is 2. The Hall–Kier alpha value is -2.63. The molecule has 1 aromatic carbocycles. The lowest BCUT2D eigenvalue weighted by Crippen LogP contribution is -2.41. The molecule has 98 valence electrons. The van der Waals surface area contributed by atoms with Crippen LogP contribution in [0.1, 0.15) is 26.5 Å². The summed E-state index contributed by atoms with van der Waals surface area (Å²) in [5.41, 5.74) is 6.25. The molecule has 0 bridgehead atoms. The summed E-state index contributed by atoms with van der Waals surface area (Å²) < 4.78 is 1.59. The second-order valence-corrected chi connectivity index (χ2v) is 4.07. The Morgan fingerprint density at radius 1 is 1.11 bits per heavy atom. The molecule has 0 fully saturated rings. The van der Waals surface area contributed by atoms with Gasteiger partial charge in [-0.1, -0.05) is 18.2 Å². The van der Waals surface area contributed by atoms with Crippen LogP contribution in [-0.4, -0.2) is 21.6 Å². The Kier molecular flexibility index (Phi) is 3.61. The number of rotatable bonds is 2. The van der Waals surface area contributed by atoms with E-state index in [4.69, 9.17) is 0 Å². The second kappa shape index (κ2) is 5.34. The highest BCUT2D eigenvalue weighted by molar-refractivity contribution is 5.98. The quantitative estimate of drug-likeness (QED) is 0.782. The standard InChI is InChI=1S/C13H14N4O2/c1-9-8-11(16-17(9)2)13(19)15-14-12(18)10-6-4-3-5-7-10/h3-8H,1-2H3,(H,14,18)(H,15,19). The summed E-state index contributed by atoms with van der Waals surface area (Å²) >= 11 is 0. The van der Waals surface area contributed by atoms with E-state index in [2.05, 4.69) is 16.0 Å². The number of hydrazine groups is 1. The molecule has 2 rings (SSSR count). The van der Waals surface area contributed by atoms with Gasteiger partial charge in [-0.15, -0.1) is 0 Å². The first kappa shape index (κ1) is 12.8. The first-order chi connectivity index (χ1) is 9.08. The van der Waals surface area contributed by atoms with Gasteiger partial charge < -0.3 is 0 Å². The highest BCUT2D eigenvalue weighted by Gasteiger charge is 2.12. The van der Waals surface area contributed by atoms with Crippen LogP contribution in [0.5, 0.6) is 0 Å². The first-order valence-corrected chi connectivity index (χ1v) is 5.74. The zero-order valence-corrected chi connectivity index (χ0v) is 10.7. The zero-order chi connectivity index (χ0) is 13.8. The maximum atomic E-state index is 11.7. The summed E-state index contributed by atoms with van der Waals surface area (Å²) in [5, 5.41) is 4.01. The predicted molar refractivity (Wildman–Crippen MR) is 69.3 cm³/mol. The lowest BCUT2D eigenvalue weighted by molar-refractivity contribution is 0.0843. The van der Waals surface area contributed by atoms with Gasteiger partial charge in [0.2, 0.25) is 0 Å². The molecular weight excluding hydrogens is 244 g/mol. The molecule has 0 spiro atoms. The van der Waals surface area contributed by atoms with E-state index >= 15 is 0 Å². The summed E-state index contributed by atoms with van der Waals surface area (Å²) in [7, 11) is 1.74. The van der Waals surface area contributed by atoms with Crippen molar-refractivity contribution in [1.29, 1.82) is 0 Å². The summed E-state index contributed by atoms with van der Waals surface area (Å²) in [6, 6.07) is 10.3. The molecule has 0 radical (unpaired) electrons.